The third-order valence-corrected chi connectivity index (χ3v) is 7.47. The number of halogens is 1. The van der Waals surface area contributed by atoms with E-state index in [1.807, 2.05) is 6.07 Å². The Balaban J connectivity index is 1.53. The second kappa shape index (κ2) is 9.10. The van der Waals surface area contributed by atoms with Crippen LogP contribution in [0.1, 0.15) is 17.2 Å². The molecule has 3 heterocycles. The molecule has 0 bridgehead atoms. The summed E-state index contributed by atoms with van der Waals surface area (Å²) in [5.74, 6) is -0.312. The highest BCUT2D eigenvalue weighted by Crippen LogP contribution is 2.45. The Labute approximate surface area is 220 Å². The summed E-state index contributed by atoms with van der Waals surface area (Å²) in [5, 5.41) is 12.1. The summed E-state index contributed by atoms with van der Waals surface area (Å²) < 4.78 is 17.3. The molecule has 0 radical (unpaired) electrons. The first kappa shape index (κ1) is 23.3. The van der Waals surface area contributed by atoms with E-state index in [-0.39, 0.29) is 11.3 Å². The molecular formula is C27H19ClN2O6S. The Morgan fingerprint density at radius 1 is 1.08 bits per heavy atom. The number of aliphatic hydroxyl groups excluding tert-OH is 1. The van der Waals surface area contributed by atoms with Gasteiger partial charge in [-0.3, -0.25) is 14.5 Å². The molecule has 37 heavy (non-hydrogen) atoms. The van der Waals surface area contributed by atoms with Crippen molar-refractivity contribution >= 4 is 55.7 Å². The number of rotatable bonds is 4. The number of anilines is 1. The van der Waals surface area contributed by atoms with E-state index in [2.05, 4.69) is 4.98 Å². The molecule has 1 amide bonds. The van der Waals surface area contributed by atoms with Crippen molar-refractivity contribution in [2.24, 2.45) is 0 Å². The Kier molecular flexibility index (Phi) is 5.73. The van der Waals surface area contributed by atoms with Crippen LogP contribution >= 0.6 is 22.9 Å². The zero-order chi connectivity index (χ0) is 25.7. The highest BCUT2D eigenvalue weighted by Gasteiger charge is 2.48. The van der Waals surface area contributed by atoms with Gasteiger partial charge in [0.25, 0.3) is 5.78 Å². The van der Waals surface area contributed by atoms with Crippen LogP contribution in [0.25, 0.3) is 16.0 Å². The van der Waals surface area contributed by atoms with E-state index < -0.39 is 17.7 Å². The number of amides is 1. The van der Waals surface area contributed by atoms with Gasteiger partial charge in [-0.25, -0.2) is 4.98 Å². The lowest BCUT2D eigenvalue weighted by Crippen LogP contribution is -2.29. The SMILES string of the molecule is COc1ccc2nc(N3C(=O)C(=O)/C(=C(/O)c4ccc5c(c4)OCCO5)C3c3cccc(Cl)c3)sc2c1. The van der Waals surface area contributed by atoms with Gasteiger partial charge in [0.15, 0.2) is 16.6 Å². The summed E-state index contributed by atoms with van der Waals surface area (Å²) in [6.07, 6.45) is 0. The van der Waals surface area contributed by atoms with Crippen LogP contribution in [-0.4, -0.2) is 42.1 Å². The fourth-order valence-corrected chi connectivity index (χ4v) is 5.71. The lowest BCUT2D eigenvalue weighted by molar-refractivity contribution is -0.132. The van der Waals surface area contributed by atoms with Crippen molar-refractivity contribution in [2.75, 3.05) is 25.2 Å². The number of fused-ring (bicyclic) bond motifs is 2. The van der Waals surface area contributed by atoms with Crippen molar-refractivity contribution in [3.63, 3.8) is 0 Å². The highest BCUT2D eigenvalue weighted by atomic mass is 35.5. The highest BCUT2D eigenvalue weighted by molar-refractivity contribution is 7.22. The van der Waals surface area contributed by atoms with Crippen LogP contribution in [-0.2, 0) is 9.59 Å². The van der Waals surface area contributed by atoms with E-state index in [9.17, 15) is 14.7 Å². The Bertz CT molecular complexity index is 1610. The number of aliphatic hydroxyl groups is 1. The Hall–Kier alpha value is -4.08. The lowest BCUT2D eigenvalue weighted by Gasteiger charge is -2.23. The molecule has 1 fully saturated rings. The van der Waals surface area contributed by atoms with Crippen LogP contribution in [0, 0.1) is 0 Å². The second-order valence-electron chi connectivity index (χ2n) is 8.41. The van der Waals surface area contributed by atoms with Gasteiger partial charge in [-0.05, 0) is 54.1 Å². The Morgan fingerprint density at radius 2 is 1.89 bits per heavy atom. The second-order valence-corrected chi connectivity index (χ2v) is 9.86. The third kappa shape index (κ3) is 3.96. The van der Waals surface area contributed by atoms with Gasteiger partial charge in [-0.1, -0.05) is 35.1 Å². The van der Waals surface area contributed by atoms with E-state index in [4.69, 9.17) is 25.8 Å². The smallest absolute Gasteiger partial charge is 0.301 e. The Morgan fingerprint density at radius 3 is 2.68 bits per heavy atom. The molecule has 2 aliphatic rings. The largest absolute Gasteiger partial charge is 0.507 e. The monoisotopic (exact) mass is 534 g/mol. The molecule has 2 aliphatic heterocycles. The standard InChI is InChI=1S/C27H19ClN2O6S/c1-34-17-6-7-18-21(13-17)37-27(29-18)30-23(14-3-2-4-16(28)11-14)22(25(32)26(30)33)24(31)15-5-8-19-20(12-15)36-10-9-35-19/h2-8,11-13,23,31H,9-10H2,1H3/b24-22+. The number of hydrogen-bond acceptors (Lipinski definition) is 8. The van der Waals surface area contributed by atoms with Gasteiger partial charge in [-0.15, -0.1) is 0 Å². The van der Waals surface area contributed by atoms with E-state index in [0.717, 1.165) is 4.70 Å². The van der Waals surface area contributed by atoms with Crippen molar-refractivity contribution in [2.45, 2.75) is 6.04 Å². The fraction of sp³-hybridized carbons (Fsp3) is 0.148. The number of thiazole rings is 1. The normalized spacial score (nSPS) is 18.4. The van der Waals surface area contributed by atoms with Crippen LogP contribution in [0.15, 0.2) is 66.2 Å². The number of benzene rings is 3. The number of hydrogen-bond donors (Lipinski definition) is 1. The summed E-state index contributed by atoms with van der Waals surface area (Å²) in [6.45, 7) is 0.790. The minimum atomic E-state index is -0.950. The van der Waals surface area contributed by atoms with Crippen LogP contribution in [0.5, 0.6) is 17.2 Å². The number of nitrogens with zero attached hydrogens (tertiary/aromatic N) is 2. The van der Waals surface area contributed by atoms with Crippen molar-refractivity contribution in [3.8, 4) is 17.2 Å². The van der Waals surface area contributed by atoms with Gasteiger partial charge in [0, 0.05) is 10.6 Å². The predicted octanol–water partition coefficient (Wildman–Crippen LogP) is 5.36. The topological polar surface area (TPSA) is 98.2 Å². The lowest BCUT2D eigenvalue weighted by atomic mass is 9.95. The number of ketones is 1. The van der Waals surface area contributed by atoms with E-state index in [1.54, 1.807) is 61.7 Å². The maximum Gasteiger partial charge on any atom is 0.301 e. The maximum atomic E-state index is 13.4. The molecule has 4 aromatic rings. The molecule has 1 aromatic heterocycles. The minimum absolute atomic E-state index is 0.0687. The molecule has 0 spiro atoms. The van der Waals surface area contributed by atoms with Gasteiger partial charge in [0.2, 0.25) is 0 Å². The van der Waals surface area contributed by atoms with Crippen molar-refractivity contribution in [1.82, 2.24) is 4.98 Å². The van der Waals surface area contributed by atoms with Crippen molar-refractivity contribution in [3.05, 3.63) is 82.4 Å². The summed E-state index contributed by atoms with van der Waals surface area (Å²) >= 11 is 7.54. The zero-order valence-electron chi connectivity index (χ0n) is 19.4. The van der Waals surface area contributed by atoms with Crippen LogP contribution in [0.2, 0.25) is 5.02 Å². The molecule has 0 saturated carbocycles. The quantitative estimate of drug-likeness (QED) is 0.214. The minimum Gasteiger partial charge on any atom is -0.507 e. The van der Waals surface area contributed by atoms with Crippen molar-refractivity contribution < 1.29 is 28.9 Å². The van der Waals surface area contributed by atoms with E-state index in [0.29, 0.717) is 57.3 Å². The van der Waals surface area contributed by atoms with Gasteiger partial charge >= 0.3 is 5.91 Å². The molecule has 1 saturated heterocycles. The molecule has 186 valence electrons. The molecular weight excluding hydrogens is 516 g/mol. The molecule has 1 atom stereocenters. The molecule has 1 unspecified atom stereocenters. The maximum absolute atomic E-state index is 13.4. The number of carbonyl (C=O) groups excluding carboxylic acids is 2. The van der Waals surface area contributed by atoms with Crippen LogP contribution < -0.4 is 19.1 Å². The summed E-state index contributed by atoms with van der Waals surface area (Å²) in [7, 11) is 1.57. The molecule has 1 N–H and O–H groups in total. The van der Waals surface area contributed by atoms with Crippen molar-refractivity contribution in [1.29, 1.82) is 0 Å². The average molecular weight is 535 g/mol. The molecule has 0 aliphatic carbocycles. The summed E-state index contributed by atoms with van der Waals surface area (Å²) in [6, 6.07) is 16.1. The van der Waals surface area contributed by atoms with Crippen LogP contribution in [0.3, 0.4) is 0 Å². The molecule has 3 aromatic carbocycles. The first-order chi connectivity index (χ1) is 17.9. The van der Waals surface area contributed by atoms with Gasteiger partial charge < -0.3 is 19.3 Å². The van der Waals surface area contributed by atoms with Crippen LogP contribution in [0.4, 0.5) is 5.13 Å². The zero-order valence-corrected chi connectivity index (χ0v) is 21.0. The predicted molar refractivity (Wildman–Crippen MR) is 140 cm³/mol. The summed E-state index contributed by atoms with van der Waals surface area (Å²) in [4.78, 5) is 32.8. The number of ether oxygens (including phenoxy) is 3. The third-order valence-electron chi connectivity index (χ3n) is 6.21. The molecule has 10 heteroatoms. The van der Waals surface area contributed by atoms with E-state index >= 15 is 0 Å². The number of aromatic nitrogens is 1. The number of carbonyl (C=O) groups is 2. The summed E-state index contributed by atoms with van der Waals surface area (Å²) in [5.41, 5.74) is 1.46. The van der Waals surface area contributed by atoms with E-state index in [1.165, 1.54) is 16.2 Å². The van der Waals surface area contributed by atoms with Gasteiger partial charge in [-0.2, -0.15) is 0 Å². The molecule has 6 rings (SSSR count). The fourth-order valence-electron chi connectivity index (χ4n) is 4.49. The molecule has 8 nitrogen and oxygen atoms in total. The first-order valence-corrected chi connectivity index (χ1v) is 12.5. The number of Topliss-reactive ketones (excluding diaryl/α,β-unsaturated/α-hetero) is 1. The van der Waals surface area contributed by atoms with Gasteiger partial charge in [0.1, 0.15) is 24.7 Å². The first-order valence-electron chi connectivity index (χ1n) is 11.4. The number of methoxy groups -OCH3 is 1. The van der Waals surface area contributed by atoms with Gasteiger partial charge in [0.05, 0.1) is 28.9 Å². The average Bonchev–Trinajstić information content (AvgIpc) is 3.45.